The molecule has 166 valence electrons. The van der Waals surface area contributed by atoms with Gasteiger partial charge in [0.2, 0.25) is 0 Å². The molecule has 1 fully saturated rings. The van der Waals surface area contributed by atoms with E-state index in [-0.39, 0.29) is 11.7 Å². The first kappa shape index (κ1) is 21.4. The molecule has 7 heteroatoms. The van der Waals surface area contributed by atoms with E-state index in [1.807, 2.05) is 60.0 Å². The third kappa shape index (κ3) is 4.83. The van der Waals surface area contributed by atoms with Gasteiger partial charge in [-0.1, -0.05) is 59.8 Å². The van der Waals surface area contributed by atoms with Crippen molar-refractivity contribution in [1.82, 2.24) is 20.1 Å². The van der Waals surface area contributed by atoms with Crippen molar-refractivity contribution < 1.29 is 9.18 Å². The number of nitrogens with zero attached hydrogens (tertiary/aromatic N) is 3. The van der Waals surface area contributed by atoms with E-state index in [9.17, 15) is 9.18 Å². The Morgan fingerprint density at radius 3 is 2.48 bits per heavy atom. The molecule has 0 radical (unpaired) electrons. The average Bonchev–Trinajstić information content (AvgIpc) is 3.55. The SMILES string of the molecule is Cc1ccc(-c2nnc(SCc3ccccc3C(=O)NC3CC3)n2-c2ccc(F)cc2)cc1. The van der Waals surface area contributed by atoms with E-state index >= 15 is 0 Å². The van der Waals surface area contributed by atoms with Gasteiger partial charge in [0.25, 0.3) is 5.91 Å². The van der Waals surface area contributed by atoms with Crippen molar-refractivity contribution in [2.75, 3.05) is 0 Å². The molecule has 33 heavy (non-hydrogen) atoms. The lowest BCUT2D eigenvalue weighted by Gasteiger charge is -2.12. The van der Waals surface area contributed by atoms with Crippen LogP contribution in [0.4, 0.5) is 4.39 Å². The molecular weight excluding hydrogens is 435 g/mol. The van der Waals surface area contributed by atoms with Crippen LogP contribution in [-0.2, 0) is 5.75 Å². The number of carbonyl (C=O) groups is 1. The van der Waals surface area contributed by atoms with Crippen LogP contribution in [0.2, 0.25) is 0 Å². The normalized spacial score (nSPS) is 13.2. The second-order valence-corrected chi connectivity index (χ2v) is 9.12. The van der Waals surface area contributed by atoms with Crippen molar-refractivity contribution in [2.24, 2.45) is 0 Å². The van der Waals surface area contributed by atoms with E-state index in [0.717, 1.165) is 35.2 Å². The number of carbonyl (C=O) groups excluding carboxylic acids is 1. The maximum Gasteiger partial charge on any atom is 0.251 e. The Morgan fingerprint density at radius 2 is 1.76 bits per heavy atom. The van der Waals surface area contributed by atoms with Crippen LogP contribution < -0.4 is 5.32 Å². The number of amides is 1. The zero-order valence-corrected chi connectivity index (χ0v) is 19.0. The van der Waals surface area contributed by atoms with Crippen molar-refractivity contribution in [3.05, 3.63) is 95.3 Å². The van der Waals surface area contributed by atoms with Crippen molar-refractivity contribution in [2.45, 2.75) is 36.7 Å². The maximum absolute atomic E-state index is 13.6. The molecular formula is C26H23FN4OS. The summed E-state index contributed by atoms with van der Waals surface area (Å²) in [4.78, 5) is 12.7. The van der Waals surface area contributed by atoms with Crippen LogP contribution >= 0.6 is 11.8 Å². The van der Waals surface area contributed by atoms with E-state index in [4.69, 9.17) is 0 Å². The van der Waals surface area contributed by atoms with E-state index in [2.05, 4.69) is 15.5 Å². The summed E-state index contributed by atoms with van der Waals surface area (Å²) in [6, 6.07) is 22.3. The summed E-state index contributed by atoms with van der Waals surface area (Å²) in [5.74, 6) is 0.910. The molecule has 1 N–H and O–H groups in total. The van der Waals surface area contributed by atoms with Crippen LogP contribution in [0.25, 0.3) is 17.1 Å². The minimum atomic E-state index is -0.298. The molecule has 1 heterocycles. The number of hydrogen-bond donors (Lipinski definition) is 1. The standard InChI is InChI=1S/C26H23FN4OS/c1-17-6-8-18(9-7-17)24-29-30-26(31(24)22-14-10-20(27)11-15-22)33-16-19-4-2-3-5-23(19)25(32)28-21-12-13-21/h2-11,14-15,21H,12-13,16H2,1H3,(H,28,32). The number of hydrogen-bond acceptors (Lipinski definition) is 4. The van der Waals surface area contributed by atoms with Crippen LogP contribution in [0.3, 0.4) is 0 Å². The van der Waals surface area contributed by atoms with Gasteiger partial charge in [-0.05, 0) is 55.7 Å². The van der Waals surface area contributed by atoms with Gasteiger partial charge in [0, 0.05) is 28.6 Å². The van der Waals surface area contributed by atoms with Gasteiger partial charge in [-0.3, -0.25) is 9.36 Å². The fourth-order valence-corrected chi connectivity index (χ4v) is 4.53. The average molecular weight is 459 g/mol. The summed E-state index contributed by atoms with van der Waals surface area (Å²) in [6.45, 7) is 2.03. The van der Waals surface area contributed by atoms with Gasteiger partial charge < -0.3 is 5.32 Å². The molecule has 3 aromatic carbocycles. The van der Waals surface area contributed by atoms with Crippen LogP contribution in [0.5, 0.6) is 0 Å². The van der Waals surface area contributed by atoms with E-state index in [1.165, 1.54) is 23.9 Å². The lowest BCUT2D eigenvalue weighted by molar-refractivity contribution is 0.0950. The fourth-order valence-electron chi connectivity index (χ4n) is 3.58. The molecule has 0 unspecified atom stereocenters. The number of aromatic nitrogens is 3. The maximum atomic E-state index is 13.6. The molecule has 0 bridgehead atoms. The highest BCUT2D eigenvalue weighted by Gasteiger charge is 2.25. The highest BCUT2D eigenvalue weighted by atomic mass is 32.2. The first-order valence-corrected chi connectivity index (χ1v) is 11.9. The first-order chi connectivity index (χ1) is 16.1. The number of nitrogens with one attached hydrogen (secondary N) is 1. The molecule has 1 amide bonds. The Morgan fingerprint density at radius 1 is 1.03 bits per heavy atom. The van der Waals surface area contributed by atoms with Gasteiger partial charge in [0.05, 0.1) is 0 Å². The Bertz CT molecular complexity index is 1280. The molecule has 1 aliphatic rings. The van der Waals surface area contributed by atoms with Crippen LogP contribution in [-0.4, -0.2) is 26.7 Å². The summed E-state index contributed by atoms with van der Waals surface area (Å²) in [5, 5.41) is 12.6. The van der Waals surface area contributed by atoms with E-state index < -0.39 is 0 Å². The molecule has 0 saturated heterocycles. The summed E-state index contributed by atoms with van der Waals surface area (Å²) >= 11 is 1.50. The number of halogens is 1. The van der Waals surface area contributed by atoms with Gasteiger partial charge in [0.1, 0.15) is 5.82 Å². The summed E-state index contributed by atoms with van der Waals surface area (Å²) < 4.78 is 15.5. The lowest BCUT2D eigenvalue weighted by atomic mass is 10.1. The van der Waals surface area contributed by atoms with Crippen LogP contribution in [0, 0.1) is 12.7 Å². The highest BCUT2D eigenvalue weighted by molar-refractivity contribution is 7.98. The topological polar surface area (TPSA) is 59.8 Å². The lowest BCUT2D eigenvalue weighted by Crippen LogP contribution is -2.26. The summed E-state index contributed by atoms with van der Waals surface area (Å²) in [5.41, 5.74) is 4.48. The molecule has 1 aliphatic carbocycles. The number of rotatable bonds is 7. The Hall–Kier alpha value is -3.45. The predicted octanol–water partition coefficient (Wildman–Crippen LogP) is 5.57. The van der Waals surface area contributed by atoms with Gasteiger partial charge in [-0.15, -0.1) is 10.2 Å². The third-order valence-corrected chi connectivity index (χ3v) is 6.54. The Balaban J connectivity index is 1.47. The molecule has 5 nitrogen and oxygen atoms in total. The molecule has 0 atom stereocenters. The third-order valence-electron chi connectivity index (χ3n) is 5.56. The van der Waals surface area contributed by atoms with E-state index in [1.54, 1.807) is 12.1 Å². The second-order valence-electron chi connectivity index (χ2n) is 8.18. The smallest absolute Gasteiger partial charge is 0.251 e. The van der Waals surface area contributed by atoms with Crippen molar-refractivity contribution in [1.29, 1.82) is 0 Å². The zero-order valence-electron chi connectivity index (χ0n) is 18.2. The molecule has 0 spiro atoms. The fraction of sp³-hybridized carbons (Fsp3) is 0.192. The predicted molar refractivity (Wildman–Crippen MR) is 128 cm³/mol. The number of aryl methyl sites for hydroxylation is 1. The molecule has 0 aliphatic heterocycles. The van der Waals surface area contributed by atoms with Crippen LogP contribution in [0.1, 0.15) is 34.3 Å². The molecule has 1 aromatic heterocycles. The highest BCUT2D eigenvalue weighted by Crippen LogP contribution is 2.31. The first-order valence-electron chi connectivity index (χ1n) is 10.9. The molecule has 1 saturated carbocycles. The van der Waals surface area contributed by atoms with Gasteiger partial charge >= 0.3 is 0 Å². The monoisotopic (exact) mass is 458 g/mol. The molecule has 5 rings (SSSR count). The van der Waals surface area contributed by atoms with Gasteiger partial charge in [-0.25, -0.2) is 4.39 Å². The Kier molecular flexibility index (Phi) is 5.96. The molecule has 4 aromatic rings. The van der Waals surface area contributed by atoms with Crippen molar-refractivity contribution in [3.63, 3.8) is 0 Å². The quantitative estimate of drug-likeness (QED) is 0.368. The van der Waals surface area contributed by atoms with Gasteiger partial charge in [-0.2, -0.15) is 0 Å². The minimum Gasteiger partial charge on any atom is -0.349 e. The Labute approximate surface area is 196 Å². The largest absolute Gasteiger partial charge is 0.349 e. The summed E-state index contributed by atoms with van der Waals surface area (Å²) in [6.07, 6.45) is 2.09. The van der Waals surface area contributed by atoms with Crippen molar-refractivity contribution in [3.8, 4) is 17.1 Å². The number of benzene rings is 3. The zero-order chi connectivity index (χ0) is 22.8. The number of thioether (sulfide) groups is 1. The van der Waals surface area contributed by atoms with Crippen molar-refractivity contribution >= 4 is 17.7 Å². The van der Waals surface area contributed by atoms with Crippen LogP contribution in [0.15, 0.2) is 78.0 Å². The van der Waals surface area contributed by atoms with Gasteiger partial charge in [0.15, 0.2) is 11.0 Å². The summed E-state index contributed by atoms with van der Waals surface area (Å²) in [7, 11) is 0. The minimum absolute atomic E-state index is 0.0333. The van der Waals surface area contributed by atoms with E-state index in [0.29, 0.717) is 28.3 Å². The second kappa shape index (κ2) is 9.19.